The van der Waals surface area contributed by atoms with Gasteiger partial charge in [-0.25, -0.2) is 4.68 Å². The monoisotopic (exact) mass is 474 g/mol. The van der Waals surface area contributed by atoms with Crippen LogP contribution in [0.2, 0.25) is 0 Å². The minimum atomic E-state index is -4.48. The first-order valence-electron chi connectivity index (χ1n) is 11.4. The van der Waals surface area contributed by atoms with Crippen molar-refractivity contribution in [1.82, 2.24) is 29.4 Å². The van der Waals surface area contributed by atoms with Crippen LogP contribution >= 0.6 is 0 Å². The molecule has 0 saturated carbocycles. The second-order valence-corrected chi connectivity index (χ2v) is 8.70. The van der Waals surface area contributed by atoms with E-state index in [-0.39, 0.29) is 18.9 Å². The summed E-state index contributed by atoms with van der Waals surface area (Å²) in [7, 11) is 0. The number of carbonyl (C=O) groups excluding carboxylic acids is 1. The van der Waals surface area contributed by atoms with Crippen molar-refractivity contribution >= 4 is 5.91 Å². The molecule has 3 heterocycles. The molecule has 7 nitrogen and oxygen atoms in total. The van der Waals surface area contributed by atoms with E-state index in [1.807, 2.05) is 41.9 Å². The van der Waals surface area contributed by atoms with Crippen LogP contribution in [-0.4, -0.2) is 61.4 Å². The van der Waals surface area contributed by atoms with E-state index in [2.05, 4.69) is 16.9 Å². The highest BCUT2D eigenvalue weighted by Crippen LogP contribution is 2.28. The average Bonchev–Trinajstić information content (AvgIpc) is 3.33. The number of rotatable bonds is 6. The van der Waals surface area contributed by atoms with Crippen LogP contribution in [0.25, 0.3) is 5.69 Å². The fraction of sp³-hybridized carbons (Fsp3) is 0.458. The number of alkyl halides is 3. The van der Waals surface area contributed by atoms with Gasteiger partial charge >= 0.3 is 6.18 Å². The maximum atomic E-state index is 12.8. The smallest absolute Gasteiger partial charge is 0.340 e. The summed E-state index contributed by atoms with van der Waals surface area (Å²) in [6.45, 7) is 9.21. The zero-order valence-electron chi connectivity index (χ0n) is 19.6. The molecule has 1 amide bonds. The number of para-hydroxylation sites is 1. The molecule has 3 aromatic rings. The van der Waals surface area contributed by atoms with Crippen molar-refractivity contribution < 1.29 is 18.0 Å². The molecule has 1 aliphatic rings. The van der Waals surface area contributed by atoms with E-state index in [1.165, 1.54) is 10.2 Å². The summed E-state index contributed by atoms with van der Waals surface area (Å²) in [4.78, 5) is 16.7. The Morgan fingerprint density at radius 2 is 1.68 bits per heavy atom. The van der Waals surface area contributed by atoms with Crippen molar-refractivity contribution in [2.75, 3.05) is 26.2 Å². The zero-order chi connectivity index (χ0) is 24.5. The number of hydrogen-bond donors (Lipinski definition) is 0. The van der Waals surface area contributed by atoms with Gasteiger partial charge in [-0.2, -0.15) is 23.4 Å². The van der Waals surface area contributed by atoms with Gasteiger partial charge in [-0.3, -0.25) is 14.4 Å². The number of amides is 1. The Labute approximate surface area is 196 Å². The molecule has 0 N–H and O–H groups in total. The lowest BCUT2D eigenvalue weighted by atomic mass is 10.1. The van der Waals surface area contributed by atoms with Gasteiger partial charge in [0.1, 0.15) is 0 Å². The molecule has 0 radical (unpaired) electrons. The second-order valence-electron chi connectivity index (χ2n) is 8.70. The van der Waals surface area contributed by atoms with E-state index >= 15 is 0 Å². The number of aromatic nitrogens is 4. The van der Waals surface area contributed by atoms with Crippen LogP contribution in [0.15, 0.2) is 36.4 Å². The molecule has 0 atom stereocenters. The lowest BCUT2D eigenvalue weighted by Crippen LogP contribution is -2.48. The van der Waals surface area contributed by atoms with Crippen LogP contribution in [0.4, 0.5) is 13.2 Å². The van der Waals surface area contributed by atoms with E-state index in [0.717, 1.165) is 42.8 Å². The predicted molar refractivity (Wildman–Crippen MR) is 121 cm³/mol. The topological polar surface area (TPSA) is 59.2 Å². The Bertz CT molecular complexity index is 1140. The number of hydrogen-bond acceptors (Lipinski definition) is 4. The van der Waals surface area contributed by atoms with Gasteiger partial charge in [-0.15, -0.1) is 0 Å². The molecule has 0 aliphatic carbocycles. The Hall–Kier alpha value is -3.14. The number of nitrogens with zero attached hydrogens (tertiary/aromatic N) is 6. The largest absolute Gasteiger partial charge is 0.435 e. The number of aryl methyl sites for hydroxylation is 3. The van der Waals surface area contributed by atoms with Crippen molar-refractivity contribution in [1.29, 1.82) is 0 Å². The molecule has 0 unspecified atom stereocenters. The van der Waals surface area contributed by atoms with Gasteiger partial charge in [0.2, 0.25) is 5.91 Å². The molecular weight excluding hydrogens is 445 g/mol. The van der Waals surface area contributed by atoms with E-state index < -0.39 is 11.9 Å². The first-order chi connectivity index (χ1) is 16.1. The van der Waals surface area contributed by atoms with Crippen LogP contribution in [-0.2, 0) is 24.1 Å². The average molecular weight is 475 g/mol. The molecule has 4 rings (SSSR count). The Morgan fingerprint density at radius 3 is 2.29 bits per heavy atom. The molecule has 34 heavy (non-hydrogen) atoms. The highest BCUT2D eigenvalue weighted by atomic mass is 19.4. The Morgan fingerprint density at radius 1 is 1.00 bits per heavy atom. The summed E-state index contributed by atoms with van der Waals surface area (Å²) < 4.78 is 41.7. The van der Waals surface area contributed by atoms with Gasteiger partial charge in [-0.05, 0) is 39.0 Å². The van der Waals surface area contributed by atoms with Crippen LogP contribution < -0.4 is 0 Å². The minimum absolute atomic E-state index is 0.0626. The Kier molecular flexibility index (Phi) is 6.79. The first kappa shape index (κ1) is 24.0. The fourth-order valence-corrected chi connectivity index (χ4v) is 4.34. The van der Waals surface area contributed by atoms with Gasteiger partial charge in [0.15, 0.2) is 5.69 Å². The fourth-order valence-electron chi connectivity index (χ4n) is 4.34. The van der Waals surface area contributed by atoms with Gasteiger partial charge in [0.05, 0.1) is 11.4 Å². The molecule has 1 fully saturated rings. The maximum absolute atomic E-state index is 12.8. The summed E-state index contributed by atoms with van der Waals surface area (Å²) in [6, 6.07) is 11.0. The molecule has 182 valence electrons. The summed E-state index contributed by atoms with van der Waals surface area (Å²) in [5.41, 5.74) is 3.79. The van der Waals surface area contributed by atoms with E-state index in [4.69, 9.17) is 5.10 Å². The van der Waals surface area contributed by atoms with Crippen LogP contribution in [0, 0.1) is 20.8 Å². The van der Waals surface area contributed by atoms with Crippen LogP contribution in [0.1, 0.15) is 34.8 Å². The highest BCUT2D eigenvalue weighted by Gasteiger charge is 2.34. The van der Waals surface area contributed by atoms with Crippen molar-refractivity contribution in [2.24, 2.45) is 0 Å². The molecule has 10 heteroatoms. The molecular formula is C24H29F3N6O. The number of benzene rings is 1. The normalized spacial score (nSPS) is 15.2. The van der Waals surface area contributed by atoms with Gasteiger partial charge in [0.25, 0.3) is 0 Å². The second kappa shape index (κ2) is 9.61. The number of piperazine rings is 1. The van der Waals surface area contributed by atoms with Gasteiger partial charge in [0, 0.05) is 62.6 Å². The molecule has 0 bridgehead atoms. The highest BCUT2D eigenvalue weighted by molar-refractivity contribution is 5.76. The third kappa shape index (κ3) is 5.16. The summed E-state index contributed by atoms with van der Waals surface area (Å²) in [5, 5.41) is 8.32. The molecule has 1 aromatic carbocycles. The third-order valence-electron chi connectivity index (χ3n) is 6.36. The summed E-state index contributed by atoms with van der Waals surface area (Å²) >= 11 is 0. The van der Waals surface area contributed by atoms with Gasteiger partial charge < -0.3 is 4.90 Å². The van der Waals surface area contributed by atoms with Crippen LogP contribution in [0.5, 0.6) is 0 Å². The number of carbonyl (C=O) groups is 1. The van der Waals surface area contributed by atoms with Crippen molar-refractivity contribution in [2.45, 2.75) is 46.5 Å². The summed E-state index contributed by atoms with van der Waals surface area (Å²) in [5.74, 6) is -0.0626. The first-order valence-corrected chi connectivity index (χ1v) is 11.4. The lowest BCUT2D eigenvalue weighted by Gasteiger charge is -2.35. The molecule has 2 aromatic heterocycles. The molecule has 0 spiro atoms. The van der Waals surface area contributed by atoms with E-state index in [9.17, 15) is 18.0 Å². The third-order valence-corrected chi connectivity index (χ3v) is 6.36. The van der Waals surface area contributed by atoms with Crippen molar-refractivity contribution in [3.8, 4) is 5.69 Å². The van der Waals surface area contributed by atoms with E-state index in [1.54, 1.807) is 11.8 Å². The zero-order valence-corrected chi connectivity index (χ0v) is 19.6. The quantitative estimate of drug-likeness (QED) is 0.546. The van der Waals surface area contributed by atoms with Crippen molar-refractivity contribution in [3.05, 3.63) is 64.7 Å². The van der Waals surface area contributed by atoms with E-state index in [0.29, 0.717) is 18.8 Å². The minimum Gasteiger partial charge on any atom is -0.340 e. The standard InChI is InChI=1S/C24H29F3N6O/c1-17-15-22(24(25,26)27)29-32(17)10-9-23(34)31-13-11-30(12-14-31)16-21-18(2)28-33(19(21)3)20-7-5-4-6-8-20/h4-8,15H,9-14,16H2,1-3H3. The number of halogens is 3. The predicted octanol–water partition coefficient (Wildman–Crippen LogP) is 3.75. The lowest BCUT2D eigenvalue weighted by molar-refractivity contribution is -0.141. The SMILES string of the molecule is Cc1nn(-c2ccccc2)c(C)c1CN1CCN(C(=O)CCn2nc(C(F)(F)F)cc2C)CC1. The van der Waals surface area contributed by atoms with Crippen LogP contribution in [0.3, 0.4) is 0 Å². The molecule has 1 saturated heterocycles. The van der Waals surface area contributed by atoms with Crippen molar-refractivity contribution in [3.63, 3.8) is 0 Å². The Balaban J connectivity index is 1.31. The summed E-state index contributed by atoms with van der Waals surface area (Å²) in [6.07, 6.45) is -4.35. The molecule has 1 aliphatic heterocycles. The maximum Gasteiger partial charge on any atom is 0.435 e. The van der Waals surface area contributed by atoms with Gasteiger partial charge in [-0.1, -0.05) is 18.2 Å².